The van der Waals surface area contributed by atoms with Gasteiger partial charge in [0.15, 0.2) is 23.0 Å². The fourth-order valence-electron chi connectivity index (χ4n) is 2.58. The van der Waals surface area contributed by atoms with Gasteiger partial charge in [0.05, 0.1) is 21.3 Å². The van der Waals surface area contributed by atoms with Gasteiger partial charge in [-0.15, -0.1) is 0 Å². The molecule has 0 amide bonds. The lowest BCUT2D eigenvalue weighted by molar-refractivity contribution is 0.173. The van der Waals surface area contributed by atoms with Crippen molar-refractivity contribution in [3.63, 3.8) is 0 Å². The molecule has 0 aromatic heterocycles. The van der Waals surface area contributed by atoms with Crippen molar-refractivity contribution in [2.45, 2.75) is 6.10 Å². The Balaban J connectivity index is 2.06. The Hall–Kier alpha value is -2.12. The van der Waals surface area contributed by atoms with E-state index in [9.17, 15) is 5.11 Å². The molecule has 7 heteroatoms. The summed E-state index contributed by atoms with van der Waals surface area (Å²) in [5.41, 5.74) is 1.25. The molecule has 3 rings (SSSR count). The van der Waals surface area contributed by atoms with Crippen molar-refractivity contribution in [1.29, 1.82) is 0 Å². The first kappa shape index (κ1) is 16.7. The van der Waals surface area contributed by atoms with Crippen molar-refractivity contribution in [3.05, 3.63) is 39.9 Å². The van der Waals surface area contributed by atoms with E-state index >= 15 is 0 Å². The zero-order chi connectivity index (χ0) is 17.3. The molecule has 0 spiro atoms. The highest BCUT2D eigenvalue weighted by atomic mass is 79.9. The third-order valence-electron chi connectivity index (χ3n) is 3.79. The summed E-state index contributed by atoms with van der Waals surface area (Å²) in [5, 5.41) is 10.8. The minimum Gasteiger partial charge on any atom is -0.493 e. The van der Waals surface area contributed by atoms with Gasteiger partial charge in [-0.3, -0.25) is 0 Å². The molecule has 1 unspecified atom stereocenters. The summed E-state index contributed by atoms with van der Waals surface area (Å²) in [4.78, 5) is 0. The van der Waals surface area contributed by atoms with Crippen molar-refractivity contribution in [1.82, 2.24) is 0 Å². The fraction of sp³-hybridized carbons (Fsp3) is 0.294. The predicted octanol–water partition coefficient (Wildman–Crippen LogP) is 3.29. The van der Waals surface area contributed by atoms with Gasteiger partial charge in [0, 0.05) is 10.0 Å². The molecule has 128 valence electrons. The second kappa shape index (κ2) is 6.78. The third kappa shape index (κ3) is 2.85. The number of aliphatic hydroxyl groups is 1. The number of methoxy groups -OCH3 is 3. The maximum Gasteiger partial charge on any atom is 0.231 e. The quantitative estimate of drug-likeness (QED) is 0.836. The first-order valence-corrected chi connectivity index (χ1v) is 7.95. The molecule has 1 aliphatic rings. The molecular formula is C17H17BrO6. The third-order valence-corrected chi connectivity index (χ3v) is 4.48. The van der Waals surface area contributed by atoms with Crippen LogP contribution in [0.5, 0.6) is 28.7 Å². The van der Waals surface area contributed by atoms with Crippen LogP contribution >= 0.6 is 15.9 Å². The van der Waals surface area contributed by atoms with Gasteiger partial charge in [0.2, 0.25) is 12.5 Å². The van der Waals surface area contributed by atoms with E-state index in [1.54, 1.807) is 24.3 Å². The predicted molar refractivity (Wildman–Crippen MR) is 90.4 cm³/mol. The standard InChI is InChI=1S/C17H17BrO6/c1-20-14-4-9(5-15(21-2)17(14)22-3)16(19)10-6-12-13(7-11(10)18)24-8-23-12/h4-7,16,19H,8H2,1-3H3. The summed E-state index contributed by atoms with van der Waals surface area (Å²) >= 11 is 3.46. The molecule has 1 N–H and O–H groups in total. The number of aliphatic hydroxyl groups excluding tert-OH is 1. The number of ether oxygens (including phenoxy) is 5. The van der Waals surface area contributed by atoms with Gasteiger partial charge in [-0.1, -0.05) is 15.9 Å². The van der Waals surface area contributed by atoms with E-state index in [0.29, 0.717) is 44.3 Å². The van der Waals surface area contributed by atoms with Crippen LogP contribution in [0.25, 0.3) is 0 Å². The van der Waals surface area contributed by atoms with Crippen LogP contribution in [-0.2, 0) is 0 Å². The van der Waals surface area contributed by atoms with Gasteiger partial charge in [-0.05, 0) is 29.8 Å². The van der Waals surface area contributed by atoms with Gasteiger partial charge >= 0.3 is 0 Å². The molecule has 0 saturated heterocycles. The molecule has 0 saturated carbocycles. The minimum atomic E-state index is -0.914. The van der Waals surface area contributed by atoms with Gasteiger partial charge < -0.3 is 28.8 Å². The van der Waals surface area contributed by atoms with Gasteiger partial charge in [-0.25, -0.2) is 0 Å². The Morgan fingerprint density at radius 3 is 2.08 bits per heavy atom. The first-order chi connectivity index (χ1) is 11.6. The Bertz CT molecular complexity index is 736. The van der Waals surface area contributed by atoms with E-state index in [1.165, 1.54) is 21.3 Å². The molecule has 2 aromatic rings. The Morgan fingerprint density at radius 2 is 1.54 bits per heavy atom. The van der Waals surface area contributed by atoms with Crippen molar-refractivity contribution in [2.24, 2.45) is 0 Å². The van der Waals surface area contributed by atoms with E-state index in [1.807, 2.05) is 0 Å². The van der Waals surface area contributed by atoms with E-state index in [0.717, 1.165) is 0 Å². The highest BCUT2D eigenvalue weighted by molar-refractivity contribution is 9.10. The molecule has 2 aromatic carbocycles. The van der Waals surface area contributed by atoms with Crippen LogP contribution in [0.3, 0.4) is 0 Å². The average Bonchev–Trinajstić information content (AvgIpc) is 3.06. The molecule has 1 atom stereocenters. The molecule has 1 heterocycles. The Morgan fingerprint density at radius 1 is 0.958 bits per heavy atom. The van der Waals surface area contributed by atoms with E-state index in [4.69, 9.17) is 23.7 Å². The lowest BCUT2D eigenvalue weighted by atomic mass is 10.00. The van der Waals surface area contributed by atoms with Gasteiger partial charge in [-0.2, -0.15) is 0 Å². The second-order valence-corrected chi connectivity index (χ2v) is 5.94. The number of rotatable bonds is 5. The molecular weight excluding hydrogens is 380 g/mol. The van der Waals surface area contributed by atoms with Crippen LogP contribution in [0.15, 0.2) is 28.7 Å². The van der Waals surface area contributed by atoms with Crippen LogP contribution in [-0.4, -0.2) is 33.2 Å². The summed E-state index contributed by atoms with van der Waals surface area (Å²) in [6.07, 6.45) is -0.914. The summed E-state index contributed by atoms with van der Waals surface area (Å²) in [6.45, 7) is 0.172. The smallest absolute Gasteiger partial charge is 0.231 e. The second-order valence-electron chi connectivity index (χ2n) is 5.09. The van der Waals surface area contributed by atoms with E-state index in [2.05, 4.69) is 15.9 Å². The van der Waals surface area contributed by atoms with E-state index in [-0.39, 0.29) is 6.79 Å². The summed E-state index contributed by atoms with van der Waals surface area (Å²) in [5.74, 6) is 2.66. The lowest BCUT2D eigenvalue weighted by Gasteiger charge is -2.18. The van der Waals surface area contributed by atoms with Gasteiger partial charge in [0.25, 0.3) is 0 Å². The Kier molecular flexibility index (Phi) is 4.73. The molecule has 0 bridgehead atoms. The Labute approximate surface area is 148 Å². The van der Waals surface area contributed by atoms with Crippen molar-refractivity contribution in [2.75, 3.05) is 28.1 Å². The highest BCUT2D eigenvalue weighted by Gasteiger charge is 2.23. The fourth-order valence-corrected chi connectivity index (χ4v) is 3.12. The normalized spacial score (nSPS) is 13.5. The van der Waals surface area contributed by atoms with Crippen LogP contribution in [0.4, 0.5) is 0 Å². The van der Waals surface area contributed by atoms with Crippen molar-refractivity contribution in [3.8, 4) is 28.7 Å². The summed E-state index contributed by atoms with van der Waals surface area (Å²) in [6, 6.07) is 6.95. The number of benzene rings is 2. The molecule has 0 fully saturated rings. The van der Waals surface area contributed by atoms with Crippen LogP contribution in [0.1, 0.15) is 17.2 Å². The molecule has 6 nitrogen and oxygen atoms in total. The molecule has 0 radical (unpaired) electrons. The maximum atomic E-state index is 10.8. The maximum absolute atomic E-state index is 10.8. The van der Waals surface area contributed by atoms with Crippen LogP contribution in [0, 0.1) is 0 Å². The van der Waals surface area contributed by atoms with Crippen molar-refractivity contribution < 1.29 is 28.8 Å². The van der Waals surface area contributed by atoms with Crippen LogP contribution in [0.2, 0.25) is 0 Å². The SMILES string of the molecule is COc1cc(C(O)c2cc3c(cc2Br)OCO3)cc(OC)c1OC. The number of fused-ring (bicyclic) bond motifs is 1. The molecule has 1 aliphatic heterocycles. The number of hydrogen-bond acceptors (Lipinski definition) is 6. The topological polar surface area (TPSA) is 66.4 Å². The summed E-state index contributed by atoms with van der Waals surface area (Å²) < 4.78 is 27.4. The summed E-state index contributed by atoms with van der Waals surface area (Å²) in [7, 11) is 4.60. The van der Waals surface area contributed by atoms with E-state index < -0.39 is 6.10 Å². The largest absolute Gasteiger partial charge is 0.493 e. The zero-order valence-electron chi connectivity index (χ0n) is 13.5. The monoisotopic (exact) mass is 396 g/mol. The number of halogens is 1. The molecule has 24 heavy (non-hydrogen) atoms. The first-order valence-electron chi connectivity index (χ1n) is 7.16. The number of hydrogen-bond donors (Lipinski definition) is 1. The zero-order valence-corrected chi connectivity index (χ0v) is 15.0. The van der Waals surface area contributed by atoms with Crippen LogP contribution < -0.4 is 23.7 Å². The van der Waals surface area contributed by atoms with Gasteiger partial charge in [0.1, 0.15) is 6.10 Å². The lowest BCUT2D eigenvalue weighted by Crippen LogP contribution is -2.04. The molecule has 0 aliphatic carbocycles. The average molecular weight is 397 g/mol. The van der Waals surface area contributed by atoms with Crippen molar-refractivity contribution >= 4 is 15.9 Å². The highest BCUT2D eigenvalue weighted by Crippen LogP contribution is 2.44. The minimum absolute atomic E-state index is 0.172.